The molecule has 0 spiro atoms. The minimum atomic E-state index is -0.128. The summed E-state index contributed by atoms with van der Waals surface area (Å²) < 4.78 is 5.33. The number of pyridine rings is 1. The molecule has 0 atom stereocenters. The number of rotatable bonds is 4. The highest BCUT2D eigenvalue weighted by atomic mass is 16.5. The van der Waals surface area contributed by atoms with Crippen LogP contribution in [0.3, 0.4) is 0 Å². The van der Waals surface area contributed by atoms with E-state index in [4.69, 9.17) is 4.52 Å². The van der Waals surface area contributed by atoms with Crippen molar-refractivity contribution >= 4 is 17.5 Å². The highest BCUT2D eigenvalue weighted by Crippen LogP contribution is 2.22. The number of hydrogen-bond donors (Lipinski definition) is 0. The number of piperazine rings is 1. The molecule has 1 amide bonds. The van der Waals surface area contributed by atoms with Crippen molar-refractivity contribution in [1.82, 2.24) is 25.0 Å². The molecule has 9 heteroatoms. The van der Waals surface area contributed by atoms with Crippen LogP contribution >= 0.6 is 0 Å². The SMILES string of the molecule is Cc1nc(N(C)C)cc(N2CCN(C(=O)c3cc(-c4cccnc4)on3)CC2)n1. The number of amides is 1. The molecule has 1 fully saturated rings. The number of nitrogens with zero attached hydrogens (tertiary/aromatic N) is 7. The molecule has 0 N–H and O–H groups in total. The van der Waals surface area contributed by atoms with Gasteiger partial charge in [-0.15, -0.1) is 0 Å². The highest BCUT2D eigenvalue weighted by molar-refractivity contribution is 5.93. The Labute approximate surface area is 169 Å². The molecule has 0 aromatic carbocycles. The highest BCUT2D eigenvalue weighted by Gasteiger charge is 2.26. The Kier molecular flexibility index (Phi) is 5.11. The maximum absolute atomic E-state index is 12.8. The first-order chi connectivity index (χ1) is 14.0. The van der Waals surface area contributed by atoms with Gasteiger partial charge in [0.2, 0.25) is 0 Å². The molecule has 150 valence electrons. The molecule has 9 nitrogen and oxygen atoms in total. The molecule has 0 bridgehead atoms. The van der Waals surface area contributed by atoms with Crippen LogP contribution in [0, 0.1) is 6.92 Å². The van der Waals surface area contributed by atoms with Gasteiger partial charge >= 0.3 is 0 Å². The fourth-order valence-corrected chi connectivity index (χ4v) is 3.25. The minimum Gasteiger partial charge on any atom is -0.363 e. The molecule has 0 unspecified atom stereocenters. The van der Waals surface area contributed by atoms with Gasteiger partial charge < -0.3 is 19.2 Å². The van der Waals surface area contributed by atoms with Gasteiger partial charge in [0.25, 0.3) is 5.91 Å². The van der Waals surface area contributed by atoms with E-state index in [-0.39, 0.29) is 5.91 Å². The summed E-state index contributed by atoms with van der Waals surface area (Å²) in [5.74, 6) is 2.89. The third-order valence-electron chi connectivity index (χ3n) is 4.84. The molecule has 29 heavy (non-hydrogen) atoms. The van der Waals surface area contributed by atoms with E-state index in [1.54, 1.807) is 23.4 Å². The van der Waals surface area contributed by atoms with Crippen molar-refractivity contribution in [3.05, 3.63) is 48.2 Å². The lowest BCUT2D eigenvalue weighted by atomic mass is 10.2. The zero-order valence-corrected chi connectivity index (χ0v) is 16.7. The normalized spacial score (nSPS) is 14.2. The molecule has 1 aliphatic heterocycles. The summed E-state index contributed by atoms with van der Waals surface area (Å²) in [5.41, 5.74) is 1.10. The maximum atomic E-state index is 12.8. The second-order valence-electron chi connectivity index (χ2n) is 7.12. The Hall–Kier alpha value is -3.49. The van der Waals surface area contributed by atoms with Gasteiger partial charge in [-0.2, -0.15) is 0 Å². The Bertz CT molecular complexity index is 995. The number of carbonyl (C=O) groups is 1. The van der Waals surface area contributed by atoms with E-state index in [1.165, 1.54) is 0 Å². The fraction of sp³-hybridized carbons (Fsp3) is 0.350. The smallest absolute Gasteiger partial charge is 0.276 e. The Balaban J connectivity index is 1.42. The predicted molar refractivity (Wildman–Crippen MR) is 109 cm³/mol. The second-order valence-corrected chi connectivity index (χ2v) is 7.12. The maximum Gasteiger partial charge on any atom is 0.276 e. The van der Waals surface area contributed by atoms with Gasteiger partial charge in [0.1, 0.15) is 17.5 Å². The van der Waals surface area contributed by atoms with Gasteiger partial charge in [0.05, 0.1) is 0 Å². The van der Waals surface area contributed by atoms with Gasteiger partial charge in [-0.3, -0.25) is 9.78 Å². The summed E-state index contributed by atoms with van der Waals surface area (Å²) in [6.45, 7) is 4.47. The average Bonchev–Trinajstić information content (AvgIpc) is 3.24. The topological polar surface area (TPSA) is 91.5 Å². The Morgan fingerprint density at radius 1 is 1.14 bits per heavy atom. The molecule has 4 heterocycles. The predicted octanol–water partition coefficient (Wildman–Crippen LogP) is 1.86. The number of aryl methyl sites for hydroxylation is 1. The van der Waals surface area contributed by atoms with Crippen molar-refractivity contribution in [2.24, 2.45) is 0 Å². The third-order valence-corrected chi connectivity index (χ3v) is 4.84. The monoisotopic (exact) mass is 393 g/mol. The van der Waals surface area contributed by atoms with E-state index >= 15 is 0 Å². The van der Waals surface area contributed by atoms with Gasteiger partial charge in [-0.25, -0.2) is 9.97 Å². The average molecular weight is 393 g/mol. The van der Waals surface area contributed by atoms with Gasteiger partial charge in [0, 0.05) is 70.4 Å². The summed E-state index contributed by atoms with van der Waals surface area (Å²) in [6, 6.07) is 7.33. The van der Waals surface area contributed by atoms with Gasteiger partial charge in [-0.05, 0) is 19.1 Å². The van der Waals surface area contributed by atoms with Crippen molar-refractivity contribution in [3.63, 3.8) is 0 Å². The van der Waals surface area contributed by atoms with E-state index < -0.39 is 0 Å². The van der Waals surface area contributed by atoms with Crippen molar-refractivity contribution in [2.45, 2.75) is 6.92 Å². The van der Waals surface area contributed by atoms with E-state index in [0.717, 1.165) is 23.0 Å². The Morgan fingerprint density at radius 2 is 1.93 bits per heavy atom. The lowest BCUT2D eigenvalue weighted by molar-refractivity contribution is 0.0736. The van der Waals surface area contributed by atoms with Crippen LogP contribution in [0.5, 0.6) is 0 Å². The summed E-state index contributed by atoms with van der Waals surface area (Å²) in [7, 11) is 3.92. The molecule has 0 aliphatic carbocycles. The van der Waals surface area contributed by atoms with Crippen LogP contribution < -0.4 is 9.80 Å². The Morgan fingerprint density at radius 3 is 2.62 bits per heavy atom. The number of carbonyl (C=O) groups excluding carboxylic acids is 1. The van der Waals surface area contributed by atoms with Crippen molar-refractivity contribution < 1.29 is 9.32 Å². The third kappa shape index (κ3) is 4.03. The molecular formula is C20H23N7O2. The summed E-state index contributed by atoms with van der Waals surface area (Å²) >= 11 is 0. The lowest BCUT2D eigenvalue weighted by Crippen LogP contribution is -2.49. The minimum absolute atomic E-state index is 0.128. The summed E-state index contributed by atoms with van der Waals surface area (Å²) in [6.07, 6.45) is 3.37. The molecular weight excluding hydrogens is 370 g/mol. The zero-order chi connectivity index (χ0) is 20.4. The molecule has 4 rings (SSSR count). The van der Waals surface area contributed by atoms with Crippen LogP contribution in [-0.4, -0.2) is 71.2 Å². The lowest BCUT2D eigenvalue weighted by Gasteiger charge is -2.35. The van der Waals surface area contributed by atoms with Gasteiger partial charge in [0.15, 0.2) is 11.5 Å². The quantitative estimate of drug-likeness (QED) is 0.663. The zero-order valence-electron chi connectivity index (χ0n) is 16.7. The van der Waals surface area contributed by atoms with E-state index in [9.17, 15) is 4.79 Å². The van der Waals surface area contributed by atoms with Crippen LogP contribution in [0.1, 0.15) is 16.3 Å². The number of aromatic nitrogens is 4. The molecule has 1 saturated heterocycles. The molecule has 3 aromatic heterocycles. The first-order valence-electron chi connectivity index (χ1n) is 9.45. The molecule has 3 aromatic rings. The first kappa shape index (κ1) is 18.9. The second kappa shape index (κ2) is 7.86. The van der Waals surface area contributed by atoms with Crippen LogP contribution in [0.25, 0.3) is 11.3 Å². The molecule has 1 aliphatic rings. The largest absolute Gasteiger partial charge is 0.363 e. The molecule has 0 saturated carbocycles. The van der Waals surface area contributed by atoms with E-state index in [0.29, 0.717) is 37.6 Å². The summed E-state index contributed by atoms with van der Waals surface area (Å²) in [4.78, 5) is 31.8. The first-order valence-corrected chi connectivity index (χ1v) is 9.45. The van der Waals surface area contributed by atoms with Crippen LogP contribution in [0.2, 0.25) is 0 Å². The van der Waals surface area contributed by atoms with Crippen LogP contribution in [-0.2, 0) is 0 Å². The number of anilines is 2. The van der Waals surface area contributed by atoms with Crippen LogP contribution in [0.4, 0.5) is 11.6 Å². The summed E-state index contributed by atoms with van der Waals surface area (Å²) in [5, 5.41) is 3.95. The number of hydrogen-bond acceptors (Lipinski definition) is 8. The van der Waals surface area contributed by atoms with Crippen molar-refractivity contribution in [2.75, 3.05) is 50.1 Å². The van der Waals surface area contributed by atoms with Gasteiger partial charge in [-0.1, -0.05) is 5.16 Å². The van der Waals surface area contributed by atoms with Crippen molar-refractivity contribution in [3.8, 4) is 11.3 Å². The van der Waals surface area contributed by atoms with Crippen molar-refractivity contribution in [1.29, 1.82) is 0 Å². The molecule has 0 radical (unpaired) electrons. The van der Waals surface area contributed by atoms with E-state index in [2.05, 4.69) is 25.0 Å². The van der Waals surface area contributed by atoms with E-state index in [1.807, 2.05) is 44.1 Å². The standard InChI is InChI=1S/C20H23N7O2/c1-14-22-18(25(2)3)12-19(23-14)26-7-9-27(10-8-26)20(28)16-11-17(29-24-16)15-5-4-6-21-13-15/h4-6,11-13H,7-10H2,1-3H3. The fourth-order valence-electron chi connectivity index (χ4n) is 3.25. The van der Waals surface area contributed by atoms with Crippen LogP contribution in [0.15, 0.2) is 41.2 Å².